The van der Waals surface area contributed by atoms with E-state index < -0.39 is 12.1 Å². The number of alkyl halides is 1. The van der Waals surface area contributed by atoms with Crippen molar-refractivity contribution in [1.82, 2.24) is 0 Å². The second kappa shape index (κ2) is 2.83. The summed E-state index contributed by atoms with van der Waals surface area (Å²) in [7, 11) is 0. The van der Waals surface area contributed by atoms with Crippen LogP contribution in [0.1, 0.15) is 34.1 Å². The molecule has 1 aliphatic rings. The second-order valence-electron chi connectivity index (χ2n) is 3.24. The Bertz CT molecular complexity index is 362. The fourth-order valence-corrected chi connectivity index (χ4v) is 1.83. The lowest BCUT2D eigenvalue weighted by atomic mass is 10.0. The van der Waals surface area contributed by atoms with Crippen LogP contribution in [-0.2, 0) is 6.42 Å². The molecule has 0 fully saturated rings. The minimum Gasteiger partial charge on any atom is -0.366 e. The van der Waals surface area contributed by atoms with E-state index in [2.05, 4.69) is 0 Å². The van der Waals surface area contributed by atoms with Gasteiger partial charge in [-0.05, 0) is 30.0 Å². The summed E-state index contributed by atoms with van der Waals surface area (Å²) in [5.41, 5.74) is 7.07. The summed E-state index contributed by atoms with van der Waals surface area (Å²) in [4.78, 5) is 11.0. The first-order valence-electron chi connectivity index (χ1n) is 4.26. The Balaban J connectivity index is 2.57. The van der Waals surface area contributed by atoms with Gasteiger partial charge in [-0.3, -0.25) is 4.79 Å². The maximum atomic E-state index is 13.2. The van der Waals surface area contributed by atoms with Crippen LogP contribution >= 0.6 is 0 Å². The number of rotatable bonds is 1. The average Bonchev–Trinajstić information content (AvgIpc) is 2.48. The highest BCUT2D eigenvalue weighted by Crippen LogP contribution is 2.35. The third-order valence-electron chi connectivity index (χ3n) is 2.46. The zero-order chi connectivity index (χ0) is 9.42. The molecule has 13 heavy (non-hydrogen) atoms. The van der Waals surface area contributed by atoms with Gasteiger partial charge in [-0.1, -0.05) is 12.1 Å². The van der Waals surface area contributed by atoms with Crippen molar-refractivity contribution in [1.29, 1.82) is 0 Å². The summed E-state index contributed by atoms with van der Waals surface area (Å²) in [5, 5.41) is 0. The van der Waals surface area contributed by atoms with Crippen molar-refractivity contribution in [3.63, 3.8) is 0 Å². The van der Waals surface area contributed by atoms with E-state index in [1.807, 2.05) is 0 Å². The Kier molecular flexibility index (Phi) is 1.79. The van der Waals surface area contributed by atoms with Gasteiger partial charge >= 0.3 is 0 Å². The number of carbonyl (C=O) groups is 1. The molecule has 0 aromatic heterocycles. The van der Waals surface area contributed by atoms with Crippen molar-refractivity contribution in [2.45, 2.75) is 19.0 Å². The Hall–Kier alpha value is -1.38. The molecule has 0 spiro atoms. The highest BCUT2D eigenvalue weighted by molar-refractivity contribution is 5.94. The van der Waals surface area contributed by atoms with Gasteiger partial charge in [0.05, 0.1) is 0 Å². The van der Waals surface area contributed by atoms with Crippen molar-refractivity contribution < 1.29 is 9.18 Å². The summed E-state index contributed by atoms with van der Waals surface area (Å²) in [5.74, 6) is -0.467. The molecular formula is C10H10FNO. The molecular weight excluding hydrogens is 169 g/mol. The van der Waals surface area contributed by atoms with Crippen LogP contribution in [0.5, 0.6) is 0 Å². The van der Waals surface area contributed by atoms with Crippen molar-refractivity contribution in [3.05, 3.63) is 34.9 Å². The van der Waals surface area contributed by atoms with E-state index in [0.717, 1.165) is 5.56 Å². The summed E-state index contributed by atoms with van der Waals surface area (Å²) < 4.78 is 13.2. The summed E-state index contributed by atoms with van der Waals surface area (Å²) in [6, 6.07) is 5.05. The topological polar surface area (TPSA) is 43.1 Å². The van der Waals surface area contributed by atoms with Crippen molar-refractivity contribution in [3.8, 4) is 0 Å². The first-order chi connectivity index (χ1) is 6.20. The van der Waals surface area contributed by atoms with Crippen LogP contribution in [0.25, 0.3) is 0 Å². The molecule has 3 heteroatoms. The molecule has 0 bridgehead atoms. The predicted octanol–water partition coefficient (Wildman–Crippen LogP) is 1.74. The van der Waals surface area contributed by atoms with E-state index in [1.165, 1.54) is 0 Å². The summed E-state index contributed by atoms with van der Waals surface area (Å²) >= 11 is 0. The third kappa shape index (κ3) is 1.20. The zero-order valence-corrected chi connectivity index (χ0v) is 7.09. The van der Waals surface area contributed by atoms with Crippen LogP contribution in [0.4, 0.5) is 4.39 Å². The smallest absolute Gasteiger partial charge is 0.248 e. The molecule has 0 saturated heterocycles. The molecule has 1 unspecified atom stereocenters. The molecule has 2 N–H and O–H groups in total. The number of nitrogens with two attached hydrogens (primary N) is 1. The van der Waals surface area contributed by atoms with Gasteiger partial charge in [0, 0.05) is 5.56 Å². The van der Waals surface area contributed by atoms with E-state index >= 15 is 0 Å². The van der Waals surface area contributed by atoms with Gasteiger partial charge in [0.2, 0.25) is 5.91 Å². The highest BCUT2D eigenvalue weighted by atomic mass is 19.1. The molecule has 1 atom stereocenters. The Morgan fingerprint density at radius 3 is 3.00 bits per heavy atom. The van der Waals surface area contributed by atoms with E-state index in [9.17, 15) is 9.18 Å². The number of hydrogen-bond acceptors (Lipinski definition) is 1. The predicted molar refractivity (Wildman–Crippen MR) is 47.1 cm³/mol. The quantitative estimate of drug-likeness (QED) is 0.701. The minimum atomic E-state index is -0.922. The third-order valence-corrected chi connectivity index (χ3v) is 2.46. The first-order valence-corrected chi connectivity index (χ1v) is 4.26. The first kappa shape index (κ1) is 8.23. The van der Waals surface area contributed by atoms with E-state index in [-0.39, 0.29) is 0 Å². The van der Waals surface area contributed by atoms with Gasteiger partial charge in [0.1, 0.15) is 6.17 Å². The lowest BCUT2D eigenvalue weighted by molar-refractivity contribution is 0.0999. The fourth-order valence-electron chi connectivity index (χ4n) is 1.83. The minimum absolute atomic E-state index is 0.467. The Labute approximate surface area is 75.6 Å². The summed E-state index contributed by atoms with van der Waals surface area (Å²) in [6.45, 7) is 0. The average molecular weight is 179 g/mol. The van der Waals surface area contributed by atoms with Crippen LogP contribution in [0.3, 0.4) is 0 Å². The molecule has 1 amide bonds. The van der Waals surface area contributed by atoms with Crippen LogP contribution in [0, 0.1) is 0 Å². The number of fused-ring (bicyclic) bond motifs is 1. The van der Waals surface area contributed by atoms with Gasteiger partial charge in [-0.15, -0.1) is 0 Å². The van der Waals surface area contributed by atoms with Crippen molar-refractivity contribution >= 4 is 5.91 Å². The Morgan fingerprint density at radius 1 is 1.54 bits per heavy atom. The largest absolute Gasteiger partial charge is 0.366 e. The molecule has 0 saturated carbocycles. The zero-order valence-electron chi connectivity index (χ0n) is 7.09. The molecule has 2 nitrogen and oxygen atoms in total. The number of hydrogen-bond donors (Lipinski definition) is 1. The normalized spacial score (nSPS) is 19.9. The highest BCUT2D eigenvalue weighted by Gasteiger charge is 2.25. The maximum Gasteiger partial charge on any atom is 0.248 e. The van der Waals surface area contributed by atoms with Crippen LogP contribution in [-0.4, -0.2) is 5.91 Å². The molecule has 1 aromatic carbocycles. The van der Waals surface area contributed by atoms with Gasteiger partial charge < -0.3 is 5.73 Å². The number of halogens is 1. The van der Waals surface area contributed by atoms with Crippen molar-refractivity contribution in [2.24, 2.45) is 5.73 Å². The standard InChI is InChI=1S/C10H10FNO/c11-9-5-4-6-7(9)2-1-3-8(6)10(12)13/h1-3,9H,4-5H2,(H2,12,13). The number of primary amides is 1. The molecule has 0 aliphatic heterocycles. The van der Waals surface area contributed by atoms with Gasteiger partial charge in [0.15, 0.2) is 0 Å². The molecule has 1 aliphatic carbocycles. The molecule has 2 rings (SSSR count). The molecule has 1 aromatic rings. The van der Waals surface area contributed by atoms with Crippen LogP contribution in [0.15, 0.2) is 18.2 Å². The Morgan fingerprint density at radius 2 is 2.31 bits per heavy atom. The number of benzene rings is 1. The summed E-state index contributed by atoms with van der Waals surface area (Å²) in [6.07, 6.45) is 0.171. The lowest BCUT2D eigenvalue weighted by Gasteiger charge is -2.04. The van der Waals surface area contributed by atoms with Gasteiger partial charge in [-0.2, -0.15) is 0 Å². The van der Waals surface area contributed by atoms with Crippen LogP contribution < -0.4 is 5.73 Å². The molecule has 0 heterocycles. The lowest BCUT2D eigenvalue weighted by Crippen LogP contribution is -2.13. The SMILES string of the molecule is NC(=O)c1cccc2c1CCC2F. The van der Waals surface area contributed by atoms with Crippen molar-refractivity contribution in [2.75, 3.05) is 0 Å². The molecule has 68 valence electrons. The monoisotopic (exact) mass is 179 g/mol. The number of amides is 1. The van der Waals surface area contributed by atoms with Gasteiger partial charge in [0.25, 0.3) is 0 Å². The fraction of sp³-hybridized carbons (Fsp3) is 0.300. The van der Waals surface area contributed by atoms with E-state index in [4.69, 9.17) is 5.73 Å². The maximum absolute atomic E-state index is 13.2. The second-order valence-corrected chi connectivity index (χ2v) is 3.24. The van der Waals surface area contributed by atoms with Crippen LogP contribution in [0.2, 0.25) is 0 Å². The van der Waals surface area contributed by atoms with E-state index in [1.54, 1.807) is 18.2 Å². The molecule has 0 radical (unpaired) electrons. The van der Waals surface area contributed by atoms with Gasteiger partial charge in [-0.25, -0.2) is 4.39 Å². The number of carbonyl (C=O) groups excluding carboxylic acids is 1. The van der Waals surface area contributed by atoms with E-state index in [0.29, 0.717) is 24.0 Å².